The van der Waals surface area contributed by atoms with Gasteiger partial charge in [0.2, 0.25) is 15.9 Å². The van der Waals surface area contributed by atoms with Crippen molar-refractivity contribution >= 4 is 21.6 Å². The van der Waals surface area contributed by atoms with Crippen molar-refractivity contribution in [2.75, 3.05) is 37.7 Å². The molecule has 1 amide bonds. The molecule has 0 bridgehead atoms. The number of hydrogen-bond acceptors (Lipinski definition) is 4. The highest BCUT2D eigenvalue weighted by Crippen LogP contribution is 2.31. The van der Waals surface area contributed by atoms with Crippen LogP contribution in [0, 0.1) is 0 Å². The topological polar surface area (TPSA) is 66.9 Å². The molecule has 1 aromatic rings. The fourth-order valence-corrected chi connectivity index (χ4v) is 4.54. The Labute approximate surface area is 137 Å². The van der Waals surface area contributed by atoms with Crippen molar-refractivity contribution in [3.05, 3.63) is 23.8 Å². The Balaban J connectivity index is 1.86. The summed E-state index contributed by atoms with van der Waals surface area (Å²) >= 11 is 0. The van der Waals surface area contributed by atoms with Gasteiger partial charge in [-0.3, -0.25) is 4.79 Å². The van der Waals surface area contributed by atoms with Gasteiger partial charge in [-0.05, 0) is 36.6 Å². The molecular weight excluding hydrogens is 316 g/mol. The fraction of sp³-hybridized carbons (Fsp3) is 0.562. The Bertz CT molecular complexity index is 696. The van der Waals surface area contributed by atoms with Gasteiger partial charge < -0.3 is 9.64 Å². The van der Waals surface area contributed by atoms with E-state index in [4.69, 9.17) is 4.74 Å². The van der Waals surface area contributed by atoms with Crippen LogP contribution in [0.4, 0.5) is 5.69 Å². The summed E-state index contributed by atoms with van der Waals surface area (Å²) in [6.45, 7) is 4.26. The molecule has 0 spiro atoms. The van der Waals surface area contributed by atoms with Gasteiger partial charge in [-0.2, -0.15) is 4.31 Å². The maximum absolute atomic E-state index is 12.7. The summed E-state index contributed by atoms with van der Waals surface area (Å²) in [5.41, 5.74) is 1.79. The van der Waals surface area contributed by atoms with E-state index in [9.17, 15) is 13.2 Å². The molecule has 0 saturated carbocycles. The van der Waals surface area contributed by atoms with Crippen LogP contribution in [0.25, 0.3) is 0 Å². The summed E-state index contributed by atoms with van der Waals surface area (Å²) in [6, 6.07) is 5.10. The first-order valence-corrected chi connectivity index (χ1v) is 9.49. The summed E-state index contributed by atoms with van der Waals surface area (Å²) in [5, 5.41) is 0. The number of benzene rings is 1. The van der Waals surface area contributed by atoms with Crippen LogP contribution in [0.1, 0.15) is 25.3 Å². The number of carbonyl (C=O) groups excluding carboxylic acids is 1. The summed E-state index contributed by atoms with van der Waals surface area (Å²) in [6.07, 6.45) is 2.04. The molecule has 1 fully saturated rings. The molecule has 126 valence electrons. The molecule has 0 aliphatic carbocycles. The highest BCUT2D eigenvalue weighted by atomic mass is 32.2. The lowest BCUT2D eigenvalue weighted by atomic mass is 10.2. The highest BCUT2D eigenvalue weighted by molar-refractivity contribution is 7.89. The lowest BCUT2D eigenvalue weighted by Crippen LogP contribution is -2.40. The van der Waals surface area contributed by atoms with Gasteiger partial charge in [-0.15, -0.1) is 0 Å². The number of ether oxygens (including phenoxy) is 1. The van der Waals surface area contributed by atoms with Crippen LogP contribution in [-0.4, -0.2) is 51.5 Å². The van der Waals surface area contributed by atoms with Gasteiger partial charge in [0.1, 0.15) is 0 Å². The Hall–Kier alpha value is -1.44. The number of amides is 1. The standard InChI is InChI=1S/C16H22N2O4S/c1-2-3-16(19)18-7-6-13-12-14(4-5-15(13)18)23(20,21)17-8-10-22-11-9-17/h4-5,12H,2-3,6-11H2,1H3. The van der Waals surface area contributed by atoms with Crippen molar-refractivity contribution in [3.8, 4) is 0 Å². The molecule has 1 aromatic carbocycles. The van der Waals surface area contributed by atoms with E-state index in [0.29, 0.717) is 50.6 Å². The van der Waals surface area contributed by atoms with E-state index in [-0.39, 0.29) is 5.91 Å². The minimum Gasteiger partial charge on any atom is -0.379 e. The normalized spacial score (nSPS) is 18.9. The SMILES string of the molecule is CCCC(=O)N1CCc2cc(S(=O)(=O)N3CCOCC3)ccc21. The number of morpholine rings is 1. The summed E-state index contributed by atoms with van der Waals surface area (Å²) < 4.78 is 32.1. The van der Waals surface area contributed by atoms with Crippen LogP contribution in [-0.2, 0) is 26.0 Å². The predicted molar refractivity (Wildman–Crippen MR) is 87.0 cm³/mol. The fourth-order valence-electron chi connectivity index (χ4n) is 3.08. The lowest BCUT2D eigenvalue weighted by molar-refractivity contribution is -0.118. The van der Waals surface area contributed by atoms with Crippen molar-refractivity contribution in [2.24, 2.45) is 0 Å². The third kappa shape index (κ3) is 3.13. The first-order valence-electron chi connectivity index (χ1n) is 8.05. The largest absolute Gasteiger partial charge is 0.379 e. The third-order valence-corrected chi connectivity index (χ3v) is 6.21. The first kappa shape index (κ1) is 16.4. The Morgan fingerprint density at radius 3 is 2.65 bits per heavy atom. The van der Waals surface area contributed by atoms with Gasteiger partial charge in [-0.1, -0.05) is 6.92 Å². The van der Waals surface area contributed by atoms with E-state index in [1.54, 1.807) is 23.1 Å². The van der Waals surface area contributed by atoms with Gasteiger partial charge in [0, 0.05) is 31.7 Å². The summed E-state index contributed by atoms with van der Waals surface area (Å²) in [5.74, 6) is 0.107. The van der Waals surface area contributed by atoms with E-state index in [2.05, 4.69) is 0 Å². The molecule has 0 atom stereocenters. The smallest absolute Gasteiger partial charge is 0.243 e. The first-order chi connectivity index (χ1) is 11.0. The number of sulfonamides is 1. The van der Waals surface area contributed by atoms with Gasteiger partial charge in [0.15, 0.2) is 0 Å². The molecular formula is C16H22N2O4S. The van der Waals surface area contributed by atoms with E-state index < -0.39 is 10.0 Å². The number of anilines is 1. The zero-order valence-electron chi connectivity index (χ0n) is 13.3. The number of fused-ring (bicyclic) bond motifs is 1. The van der Waals surface area contributed by atoms with E-state index in [1.807, 2.05) is 6.92 Å². The average molecular weight is 338 g/mol. The number of nitrogens with zero attached hydrogens (tertiary/aromatic N) is 2. The quantitative estimate of drug-likeness (QED) is 0.832. The van der Waals surface area contributed by atoms with Crippen LogP contribution in [0.15, 0.2) is 23.1 Å². The van der Waals surface area contributed by atoms with Crippen molar-refractivity contribution in [1.29, 1.82) is 0 Å². The molecule has 2 aliphatic rings. The molecule has 6 nitrogen and oxygen atoms in total. The van der Waals surface area contributed by atoms with Gasteiger partial charge >= 0.3 is 0 Å². The van der Waals surface area contributed by atoms with Crippen LogP contribution >= 0.6 is 0 Å². The van der Waals surface area contributed by atoms with Crippen molar-refractivity contribution in [2.45, 2.75) is 31.1 Å². The van der Waals surface area contributed by atoms with Crippen molar-refractivity contribution in [3.63, 3.8) is 0 Å². The molecule has 0 unspecified atom stereocenters. The number of hydrogen-bond donors (Lipinski definition) is 0. The number of rotatable bonds is 4. The van der Waals surface area contributed by atoms with E-state index >= 15 is 0 Å². The van der Waals surface area contributed by atoms with Gasteiger partial charge in [0.05, 0.1) is 18.1 Å². The van der Waals surface area contributed by atoms with Crippen LogP contribution < -0.4 is 4.90 Å². The molecule has 1 saturated heterocycles. The molecule has 0 radical (unpaired) electrons. The second-order valence-corrected chi connectivity index (χ2v) is 7.79. The zero-order chi connectivity index (χ0) is 16.4. The summed E-state index contributed by atoms with van der Waals surface area (Å²) in [4.78, 5) is 14.2. The third-order valence-electron chi connectivity index (χ3n) is 4.32. The van der Waals surface area contributed by atoms with E-state index in [0.717, 1.165) is 17.7 Å². The molecule has 23 heavy (non-hydrogen) atoms. The van der Waals surface area contributed by atoms with Gasteiger partial charge in [0.25, 0.3) is 0 Å². The van der Waals surface area contributed by atoms with Gasteiger partial charge in [-0.25, -0.2) is 8.42 Å². The monoisotopic (exact) mass is 338 g/mol. The van der Waals surface area contributed by atoms with Crippen molar-refractivity contribution in [1.82, 2.24) is 4.31 Å². The van der Waals surface area contributed by atoms with Crippen LogP contribution in [0.5, 0.6) is 0 Å². The second kappa shape index (κ2) is 6.59. The Morgan fingerprint density at radius 1 is 1.22 bits per heavy atom. The lowest BCUT2D eigenvalue weighted by Gasteiger charge is -2.26. The average Bonchev–Trinajstić information content (AvgIpc) is 2.99. The maximum Gasteiger partial charge on any atom is 0.243 e. The maximum atomic E-state index is 12.7. The molecule has 7 heteroatoms. The molecule has 0 N–H and O–H groups in total. The Morgan fingerprint density at radius 2 is 1.96 bits per heavy atom. The zero-order valence-corrected chi connectivity index (χ0v) is 14.1. The molecule has 2 aliphatic heterocycles. The summed E-state index contributed by atoms with van der Waals surface area (Å²) in [7, 11) is -3.48. The van der Waals surface area contributed by atoms with Crippen LogP contribution in [0.3, 0.4) is 0 Å². The Kier molecular flexibility index (Phi) is 4.70. The molecule has 0 aromatic heterocycles. The highest BCUT2D eigenvalue weighted by Gasteiger charge is 2.29. The minimum absolute atomic E-state index is 0.107. The molecule has 2 heterocycles. The van der Waals surface area contributed by atoms with Crippen LogP contribution in [0.2, 0.25) is 0 Å². The van der Waals surface area contributed by atoms with E-state index in [1.165, 1.54) is 4.31 Å². The molecule has 3 rings (SSSR count). The predicted octanol–water partition coefficient (Wildman–Crippen LogP) is 1.40. The van der Waals surface area contributed by atoms with Crippen molar-refractivity contribution < 1.29 is 17.9 Å². The number of carbonyl (C=O) groups is 1. The second-order valence-electron chi connectivity index (χ2n) is 5.85. The minimum atomic E-state index is -3.48.